The van der Waals surface area contributed by atoms with E-state index in [9.17, 15) is 4.79 Å². The Hall–Kier alpha value is -1.15. The van der Waals surface area contributed by atoms with Crippen LogP contribution in [0.1, 0.15) is 51.0 Å². The molecule has 0 aromatic heterocycles. The highest BCUT2D eigenvalue weighted by atomic mass is 16.5. The zero-order valence-corrected chi connectivity index (χ0v) is 11.3. The molecule has 0 aliphatic rings. The molecule has 0 saturated heterocycles. The summed E-state index contributed by atoms with van der Waals surface area (Å²) in [6.07, 6.45) is 7.46. The third kappa shape index (κ3) is 6.55. The molecule has 0 heterocycles. The fourth-order valence-electron chi connectivity index (χ4n) is 1.96. The van der Waals surface area contributed by atoms with E-state index in [1.807, 2.05) is 18.2 Å². The van der Waals surface area contributed by atoms with Gasteiger partial charge in [-0.3, -0.25) is 0 Å². The van der Waals surface area contributed by atoms with Gasteiger partial charge in [-0.15, -0.1) is 0 Å². The summed E-state index contributed by atoms with van der Waals surface area (Å²) in [7, 11) is 0. The van der Waals surface area contributed by atoms with Crippen molar-refractivity contribution in [1.82, 2.24) is 0 Å². The minimum absolute atomic E-state index is 0.0829. The lowest BCUT2D eigenvalue weighted by molar-refractivity contribution is -0.110. The molecule has 1 aromatic rings. The van der Waals surface area contributed by atoms with Crippen LogP contribution >= 0.6 is 0 Å². The van der Waals surface area contributed by atoms with E-state index in [-0.39, 0.29) is 6.10 Å². The van der Waals surface area contributed by atoms with Gasteiger partial charge in [-0.1, -0.05) is 62.9 Å². The summed E-state index contributed by atoms with van der Waals surface area (Å²) in [4.78, 5) is 10.6. The molecule has 100 valence electrons. The van der Waals surface area contributed by atoms with Gasteiger partial charge in [-0.2, -0.15) is 0 Å². The smallest absolute Gasteiger partial charge is 0.122 e. The quantitative estimate of drug-likeness (QED) is 0.459. The highest BCUT2D eigenvalue weighted by Crippen LogP contribution is 2.13. The van der Waals surface area contributed by atoms with Gasteiger partial charge >= 0.3 is 0 Å². The molecule has 1 aromatic carbocycles. The maximum absolute atomic E-state index is 10.6. The minimum Gasteiger partial charge on any atom is -0.373 e. The highest BCUT2D eigenvalue weighted by Gasteiger charge is 2.08. The Morgan fingerprint density at radius 3 is 2.61 bits per heavy atom. The number of unbranched alkanes of at least 4 members (excludes halogenated alkanes) is 3. The molecular weight excluding hydrogens is 224 g/mol. The standard InChI is InChI=1S/C16H24O2/c1-2-3-4-8-11-16(12-13-17)18-14-15-9-6-5-7-10-15/h5-7,9-10,13,16H,2-4,8,11-12,14H2,1H3. The first-order chi connectivity index (χ1) is 8.86. The summed E-state index contributed by atoms with van der Waals surface area (Å²) in [6.45, 7) is 2.81. The Labute approximate surface area is 110 Å². The van der Waals surface area contributed by atoms with Crippen molar-refractivity contribution in [2.45, 2.75) is 58.2 Å². The van der Waals surface area contributed by atoms with E-state index in [1.165, 1.54) is 24.8 Å². The fraction of sp³-hybridized carbons (Fsp3) is 0.562. The summed E-state index contributed by atoms with van der Waals surface area (Å²) < 4.78 is 5.82. The molecule has 0 bridgehead atoms. The lowest BCUT2D eigenvalue weighted by Crippen LogP contribution is -2.13. The summed E-state index contributed by atoms with van der Waals surface area (Å²) in [5.41, 5.74) is 1.17. The van der Waals surface area contributed by atoms with Crippen LogP contribution in [0.5, 0.6) is 0 Å². The normalized spacial score (nSPS) is 12.3. The van der Waals surface area contributed by atoms with Gasteiger partial charge < -0.3 is 9.53 Å². The van der Waals surface area contributed by atoms with Gasteiger partial charge in [0, 0.05) is 6.42 Å². The Morgan fingerprint density at radius 2 is 1.94 bits per heavy atom. The second-order valence-corrected chi connectivity index (χ2v) is 4.67. The van der Waals surface area contributed by atoms with Crippen molar-refractivity contribution in [2.24, 2.45) is 0 Å². The van der Waals surface area contributed by atoms with E-state index in [1.54, 1.807) is 0 Å². The number of ether oxygens (including phenoxy) is 1. The molecule has 0 fully saturated rings. The predicted octanol–water partition coefficient (Wildman–Crippen LogP) is 4.13. The van der Waals surface area contributed by atoms with Crippen LogP contribution in [-0.2, 0) is 16.1 Å². The molecular formula is C16H24O2. The lowest BCUT2D eigenvalue weighted by atomic mass is 10.1. The number of aldehydes is 1. The first kappa shape index (κ1) is 14.9. The van der Waals surface area contributed by atoms with E-state index in [2.05, 4.69) is 19.1 Å². The van der Waals surface area contributed by atoms with Gasteiger partial charge in [0.25, 0.3) is 0 Å². The molecule has 2 nitrogen and oxygen atoms in total. The van der Waals surface area contributed by atoms with Crippen molar-refractivity contribution < 1.29 is 9.53 Å². The SMILES string of the molecule is CCCCCCC(CC=O)OCc1ccccc1. The summed E-state index contributed by atoms with van der Waals surface area (Å²) in [6, 6.07) is 10.1. The first-order valence-corrected chi connectivity index (χ1v) is 6.96. The number of hydrogen-bond acceptors (Lipinski definition) is 2. The molecule has 1 rings (SSSR count). The topological polar surface area (TPSA) is 26.3 Å². The maximum atomic E-state index is 10.6. The van der Waals surface area contributed by atoms with Crippen LogP contribution in [0.4, 0.5) is 0 Å². The van der Waals surface area contributed by atoms with Gasteiger partial charge in [0.05, 0.1) is 12.7 Å². The molecule has 18 heavy (non-hydrogen) atoms. The van der Waals surface area contributed by atoms with Crippen molar-refractivity contribution >= 4 is 6.29 Å². The van der Waals surface area contributed by atoms with Crippen molar-refractivity contribution in [1.29, 1.82) is 0 Å². The van der Waals surface area contributed by atoms with Gasteiger partial charge in [-0.25, -0.2) is 0 Å². The van der Waals surface area contributed by atoms with Crippen LogP contribution in [0, 0.1) is 0 Å². The molecule has 1 unspecified atom stereocenters. The number of carbonyl (C=O) groups excluding carboxylic acids is 1. The average molecular weight is 248 g/mol. The van der Waals surface area contributed by atoms with E-state index >= 15 is 0 Å². The molecule has 0 radical (unpaired) electrons. The average Bonchev–Trinajstić information content (AvgIpc) is 2.42. The molecule has 0 N–H and O–H groups in total. The highest BCUT2D eigenvalue weighted by molar-refractivity contribution is 5.50. The summed E-state index contributed by atoms with van der Waals surface area (Å²) >= 11 is 0. The summed E-state index contributed by atoms with van der Waals surface area (Å²) in [5.74, 6) is 0. The number of hydrogen-bond donors (Lipinski definition) is 0. The van der Waals surface area contributed by atoms with Gasteiger partial charge in [0.15, 0.2) is 0 Å². The molecule has 1 atom stereocenters. The van der Waals surface area contributed by atoms with Gasteiger partial charge in [0.1, 0.15) is 6.29 Å². The molecule has 0 spiro atoms. The largest absolute Gasteiger partial charge is 0.373 e. The second kappa shape index (κ2) is 9.84. The maximum Gasteiger partial charge on any atom is 0.122 e. The van der Waals surface area contributed by atoms with Crippen LogP contribution in [0.15, 0.2) is 30.3 Å². The van der Waals surface area contributed by atoms with E-state index in [4.69, 9.17) is 4.74 Å². The third-order valence-corrected chi connectivity index (χ3v) is 3.07. The van der Waals surface area contributed by atoms with Crippen LogP contribution in [0.3, 0.4) is 0 Å². The zero-order chi connectivity index (χ0) is 13.1. The van der Waals surface area contributed by atoms with Crippen LogP contribution in [0.2, 0.25) is 0 Å². The number of rotatable bonds is 10. The lowest BCUT2D eigenvalue weighted by Gasteiger charge is -2.15. The summed E-state index contributed by atoms with van der Waals surface area (Å²) in [5, 5.41) is 0. The van der Waals surface area contributed by atoms with E-state index in [0.29, 0.717) is 13.0 Å². The second-order valence-electron chi connectivity index (χ2n) is 4.67. The zero-order valence-electron chi connectivity index (χ0n) is 11.3. The van der Waals surface area contributed by atoms with Crippen LogP contribution < -0.4 is 0 Å². The minimum atomic E-state index is 0.0829. The Bertz CT molecular complexity index is 308. The molecule has 0 amide bonds. The van der Waals surface area contributed by atoms with E-state index < -0.39 is 0 Å². The van der Waals surface area contributed by atoms with Gasteiger partial charge in [-0.05, 0) is 12.0 Å². The van der Waals surface area contributed by atoms with Crippen molar-refractivity contribution in [2.75, 3.05) is 0 Å². The van der Waals surface area contributed by atoms with Crippen molar-refractivity contribution in [3.63, 3.8) is 0 Å². The van der Waals surface area contributed by atoms with Crippen molar-refractivity contribution in [3.05, 3.63) is 35.9 Å². The first-order valence-electron chi connectivity index (χ1n) is 6.96. The van der Waals surface area contributed by atoms with Crippen LogP contribution in [0.25, 0.3) is 0 Å². The number of benzene rings is 1. The molecule has 0 saturated carbocycles. The fourth-order valence-corrected chi connectivity index (χ4v) is 1.96. The van der Waals surface area contributed by atoms with Crippen molar-refractivity contribution in [3.8, 4) is 0 Å². The Balaban J connectivity index is 2.26. The molecule has 0 aliphatic carbocycles. The predicted molar refractivity (Wildman–Crippen MR) is 74.5 cm³/mol. The van der Waals surface area contributed by atoms with Gasteiger partial charge in [0.2, 0.25) is 0 Å². The number of carbonyl (C=O) groups is 1. The monoisotopic (exact) mass is 248 g/mol. The Morgan fingerprint density at radius 1 is 1.17 bits per heavy atom. The molecule has 0 aliphatic heterocycles. The molecule has 2 heteroatoms. The van der Waals surface area contributed by atoms with Crippen LogP contribution in [-0.4, -0.2) is 12.4 Å². The van der Waals surface area contributed by atoms with E-state index in [0.717, 1.165) is 19.1 Å². The Kier molecular flexibility index (Phi) is 8.15. The third-order valence-electron chi connectivity index (χ3n) is 3.07.